The summed E-state index contributed by atoms with van der Waals surface area (Å²) in [5.74, 6) is -0.348. The number of amides is 1. The maximum Gasteiger partial charge on any atom is 0.276 e. The minimum atomic E-state index is -0.348. The van der Waals surface area contributed by atoms with Gasteiger partial charge in [-0.1, -0.05) is 6.07 Å². The van der Waals surface area contributed by atoms with Crippen LogP contribution in [0, 0.1) is 6.92 Å². The third-order valence-electron chi connectivity index (χ3n) is 3.16. The van der Waals surface area contributed by atoms with Crippen LogP contribution >= 0.6 is 11.8 Å². The zero-order valence-corrected chi connectivity index (χ0v) is 12.9. The highest BCUT2D eigenvalue weighted by molar-refractivity contribution is 7.98. The molecule has 0 spiro atoms. The van der Waals surface area contributed by atoms with Crippen molar-refractivity contribution in [1.82, 2.24) is 14.6 Å². The van der Waals surface area contributed by atoms with E-state index in [9.17, 15) is 9.59 Å². The Kier molecular flexibility index (Phi) is 3.72. The van der Waals surface area contributed by atoms with Crippen LogP contribution in [0.1, 0.15) is 16.2 Å². The van der Waals surface area contributed by atoms with Crippen LogP contribution in [0.25, 0.3) is 5.52 Å². The Morgan fingerprint density at radius 3 is 2.95 bits per heavy atom. The number of H-pyrrole nitrogens is 1. The van der Waals surface area contributed by atoms with E-state index in [1.165, 1.54) is 10.6 Å². The van der Waals surface area contributed by atoms with Crippen LogP contribution in [0.3, 0.4) is 0 Å². The molecule has 0 aliphatic rings. The third-order valence-corrected chi connectivity index (χ3v) is 3.88. The molecular weight excluding hydrogens is 300 g/mol. The van der Waals surface area contributed by atoms with Crippen molar-refractivity contribution >= 4 is 28.9 Å². The molecule has 22 heavy (non-hydrogen) atoms. The Morgan fingerprint density at radius 1 is 1.36 bits per heavy atom. The Labute approximate surface area is 130 Å². The Bertz CT molecular complexity index is 913. The Balaban J connectivity index is 1.92. The third kappa shape index (κ3) is 2.75. The highest BCUT2D eigenvalue weighted by Crippen LogP contribution is 2.19. The maximum atomic E-state index is 12.3. The molecule has 0 unspecified atom stereocenters. The van der Waals surface area contributed by atoms with Gasteiger partial charge in [0.25, 0.3) is 11.5 Å². The number of anilines is 1. The number of aromatic amines is 1. The summed E-state index contributed by atoms with van der Waals surface area (Å²) in [6.07, 6.45) is 3.64. The van der Waals surface area contributed by atoms with Crippen molar-refractivity contribution in [3.8, 4) is 0 Å². The summed E-state index contributed by atoms with van der Waals surface area (Å²) in [4.78, 5) is 27.8. The predicted molar refractivity (Wildman–Crippen MR) is 86.7 cm³/mol. The first-order valence-corrected chi connectivity index (χ1v) is 7.84. The number of hydrogen-bond donors (Lipinski definition) is 2. The van der Waals surface area contributed by atoms with Gasteiger partial charge in [-0.15, -0.1) is 11.8 Å². The van der Waals surface area contributed by atoms with Gasteiger partial charge in [0, 0.05) is 28.5 Å². The zero-order chi connectivity index (χ0) is 15.7. The molecule has 0 aliphatic heterocycles. The lowest BCUT2D eigenvalue weighted by Crippen LogP contribution is -2.12. The standard InChI is InChI=1S/C15H14N4O2S/c1-9-8-19-13(15(21)16-9)7-12(18-19)14(20)17-10-4-3-5-11(6-10)22-2/h3-8H,1-2H3,(H,16,21)(H,17,20). The number of fused-ring (bicyclic) bond motifs is 1. The first kappa shape index (κ1) is 14.4. The molecule has 0 aliphatic carbocycles. The number of hydrogen-bond acceptors (Lipinski definition) is 4. The average Bonchev–Trinajstić information content (AvgIpc) is 2.92. The predicted octanol–water partition coefficient (Wildman–Crippen LogP) is 2.31. The molecule has 2 heterocycles. The van der Waals surface area contributed by atoms with Crippen LogP contribution in [-0.2, 0) is 0 Å². The van der Waals surface area contributed by atoms with Crippen molar-refractivity contribution in [3.05, 3.63) is 58.3 Å². The van der Waals surface area contributed by atoms with Crippen molar-refractivity contribution in [2.45, 2.75) is 11.8 Å². The first-order chi connectivity index (χ1) is 10.6. The zero-order valence-electron chi connectivity index (χ0n) is 12.1. The minimum Gasteiger partial charge on any atom is -0.323 e. The second-order valence-corrected chi connectivity index (χ2v) is 5.69. The van der Waals surface area contributed by atoms with Gasteiger partial charge in [-0.25, -0.2) is 4.52 Å². The number of thioether (sulfide) groups is 1. The minimum absolute atomic E-state index is 0.200. The summed E-state index contributed by atoms with van der Waals surface area (Å²) >= 11 is 1.60. The van der Waals surface area contributed by atoms with Crippen LogP contribution in [0.5, 0.6) is 0 Å². The lowest BCUT2D eigenvalue weighted by atomic mass is 10.3. The first-order valence-electron chi connectivity index (χ1n) is 6.61. The maximum absolute atomic E-state index is 12.3. The molecule has 2 aromatic heterocycles. The van der Waals surface area contributed by atoms with E-state index in [0.29, 0.717) is 16.9 Å². The van der Waals surface area contributed by atoms with Gasteiger partial charge in [0.2, 0.25) is 0 Å². The van der Waals surface area contributed by atoms with Gasteiger partial charge < -0.3 is 10.3 Å². The lowest BCUT2D eigenvalue weighted by molar-refractivity contribution is 0.102. The van der Waals surface area contributed by atoms with E-state index >= 15 is 0 Å². The monoisotopic (exact) mass is 314 g/mol. The summed E-state index contributed by atoms with van der Waals surface area (Å²) in [6.45, 7) is 1.76. The highest BCUT2D eigenvalue weighted by Gasteiger charge is 2.13. The van der Waals surface area contributed by atoms with E-state index in [0.717, 1.165) is 4.90 Å². The normalized spacial score (nSPS) is 10.8. The summed E-state index contributed by atoms with van der Waals surface area (Å²) in [6, 6.07) is 9.01. The van der Waals surface area contributed by atoms with E-state index in [1.54, 1.807) is 24.9 Å². The van der Waals surface area contributed by atoms with Crippen LogP contribution in [0.15, 0.2) is 46.2 Å². The molecule has 1 aromatic carbocycles. The molecule has 3 aromatic rings. The summed E-state index contributed by atoms with van der Waals surface area (Å²) < 4.78 is 1.42. The van der Waals surface area contributed by atoms with E-state index < -0.39 is 0 Å². The number of benzene rings is 1. The SMILES string of the molecule is CSc1cccc(NC(=O)c2cc3c(=O)[nH]c(C)cn3n2)c1. The van der Waals surface area contributed by atoms with Gasteiger partial charge >= 0.3 is 0 Å². The number of rotatable bonds is 3. The molecule has 0 bridgehead atoms. The van der Waals surface area contributed by atoms with Crippen molar-refractivity contribution in [2.24, 2.45) is 0 Å². The Hall–Kier alpha value is -2.54. The molecule has 112 valence electrons. The van der Waals surface area contributed by atoms with E-state index in [1.807, 2.05) is 30.5 Å². The number of carbonyl (C=O) groups is 1. The van der Waals surface area contributed by atoms with Crippen molar-refractivity contribution in [1.29, 1.82) is 0 Å². The molecule has 0 saturated carbocycles. The number of aromatic nitrogens is 3. The van der Waals surface area contributed by atoms with E-state index in [-0.39, 0.29) is 17.2 Å². The fraction of sp³-hybridized carbons (Fsp3) is 0.133. The van der Waals surface area contributed by atoms with Gasteiger partial charge in [0.05, 0.1) is 0 Å². The van der Waals surface area contributed by atoms with E-state index in [2.05, 4.69) is 15.4 Å². The number of nitrogens with zero attached hydrogens (tertiary/aromatic N) is 2. The average molecular weight is 314 g/mol. The smallest absolute Gasteiger partial charge is 0.276 e. The van der Waals surface area contributed by atoms with E-state index in [4.69, 9.17) is 0 Å². The molecular formula is C15H14N4O2S. The van der Waals surface area contributed by atoms with Gasteiger partial charge in [-0.2, -0.15) is 5.10 Å². The van der Waals surface area contributed by atoms with Gasteiger partial charge in [-0.3, -0.25) is 9.59 Å². The van der Waals surface area contributed by atoms with Crippen LogP contribution < -0.4 is 10.9 Å². The topological polar surface area (TPSA) is 79.3 Å². The second-order valence-electron chi connectivity index (χ2n) is 4.81. The molecule has 0 fully saturated rings. The molecule has 0 atom stereocenters. The molecule has 6 nitrogen and oxygen atoms in total. The lowest BCUT2D eigenvalue weighted by Gasteiger charge is -2.04. The number of aryl methyl sites for hydroxylation is 1. The second kappa shape index (κ2) is 5.69. The van der Waals surface area contributed by atoms with Crippen molar-refractivity contribution < 1.29 is 4.79 Å². The summed E-state index contributed by atoms with van der Waals surface area (Å²) in [7, 11) is 0. The largest absolute Gasteiger partial charge is 0.323 e. The molecule has 7 heteroatoms. The number of nitrogens with one attached hydrogen (secondary N) is 2. The quantitative estimate of drug-likeness (QED) is 0.727. The molecule has 3 rings (SSSR count). The van der Waals surface area contributed by atoms with Crippen molar-refractivity contribution in [3.63, 3.8) is 0 Å². The molecule has 0 radical (unpaired) electrons. The fourth-order valence-electron chi connectivity index (χ4n) is 2.13. The molecule has 2 N–H and O–H groups in total. The highest BCUT2D eigenvalue weighted by atomic mass is 32.2. The summed E-state index contributed by atoms with van der Waals surface area (Å²) in [5, 5.41) is 6.94. The fourth-order valence-corrected chi connectivity index (χ4v) is 2.59. The number of carbonyl (C=O) groups excluding carboxylic acids is 1. The van der Waals surface area contributed by atoms with Crippen LogP contribution in [0.4, 0.5) is 5.69 Å². The summed E-state index contributed by atoms with van der Waals surface area (Å²) in [5.41, 5.74) is 1.65. The van der Waals surface area contributed by atoms with Crippen molar-refractivity contribution in [2.75, 3.05) is 11.6 Å². The molecule has 1 amide bonds. The van der Waals surface area contributed by atoms with Gasteiger partial charge in [0.1, 0.15) is 5.52 Å². The van der Waals surface area contributed by atoms with Crippen LogP contribution in [0.2, 0.25) is 0 Å². The van der Waals surface area contributed by atoms with Gasteiger partial charge in [0.15, 0.2) is 5.69 Å². The van der Waals surface area contributed by atoms with Crippen LogP contribution in [-0.4, -0.2) is 26.8 Å². The molecule has 0 saturated heterocycles. The van der Waals surface area contributed by atoms with Gasteiger partial charge in [-0.05, 0) is 31.4 Å². The Morgan fingerprint density at radius 2 is 2.18 bits per heavy atom.